The highest BCUT2D eigenvalue weighted by Crippen LogP contribution is 2.40. The van der Waals surface area contributed by atoms with Gasteiger partial charge in [-0.2, -0.15) is 0 Å². The fourth-order valence-electron chi connectivity index (χ4n) is 3.34. The van der Waals surface area contributed by atoms with Gasteiger partial charge in [-0.25, -0.2) is 9.97 Å². The third-order valence-electron chi connectivity index (χ3n) is 5.08. The lowest BCUT2D eigenvalue weighted by Crippen LogP contribution is -2.08. The lowest BCUT2D eigenvalue weighted by Gasteiger charge is -2.14. The van der Waals surface area contributed by atoms with Crippen LogP contribution in [-0.2, 0) is 0 Å². The summed E-state index contributed by atoms with van der Waals surface area (Å²) in [5.74, 6) is 2.72. The van der Waals surface area contributed by atoms with Gasteiger partial charge in [-0.1, -0.05) is 36.4 Å². The largest absolute Gasteiger partial charge is 0.435 e. The maximum absolute atomic E-state index is 5.94. The van der Waals surface area contributed by atoms with E-state index in [9.17, 15) is 0 Å². The molecule has 5 rings (SSSR count). The van der Waals surface area contributed by atoms with Crippen LogP contribution in [0.15, 0.2) is 65.5 Å². The Labute approximate surface area is 156 Å². The standard InChI is InChI=1S/C21H19N5O/c1-14(15-10-11-15)26-13-23-25-20(26)17-8-5-9-18(24-17)21-22-12-19(27-21)16-6-3-2-4-7-16/h2-9,12-15H,10-11H2,1H3. The van der Waals surface area contributed by atoms with Crippen LogP contribution in [0.3, 0.4) is 0 Å². The molecule has 0 radical (unpaired) electrons. The lowest BCUT2D eigenvalue weighted by atomic mass is 10.2. The molecule has 1 atom stereocenters. The van der Waals surface area contributed by atoms with Crippen LogP contribution < -0.4 is 0 Å². The molecular formula is C21H19N5O. The van der Waals surface area contributed by atoms with Crippen LogP contribution in [0.5, 0.6) is 0 Å². The Bertz CT molecular complexity index is 1060. The van der Waals surface area contributed by atoms with Gasteiger partial charge < -0.3 is 8.98 Å². The number of hydrogen-bond donors (Lipinski definition) is 0. The molecule has 6 heteroatoms. The molecule has 0 N–H and O–H groups in total. The van der Waals surface area contributed by atoms with Crippen LogP contribution in [0, 0.1) is 5.92 Å². The smallest absolute Gasteiger partial charge is 0.245 e. The second-order valence-electron chi connectivity index (χ2n) is 6.94. The van der Waals surface area contributed by atoms with Gasteiger partial charge in [0.1, 0.15) is 17.7 Å². The Morgan fingerprint density at radius 3 is 2.67 bits per heavy atom. The number of aromatic nitrogens is 5. The zero-order chi connectivity index (χ0) is 18.2. The Kier molecular flexibility index (Phi) is 3.81. The van der Waals surface area contributed by atoms with E-state index in [0.717, 1.165) is 22.8 Å². The quantitative estimate of drug-likeness (QED) is 0.521. The molecule has 27 heavy (non-hydrogen) atoms. The van der Waals surface area contributed by atoms with E-state index >= 15 is 0 Å². The summed E-state index contributed by atoms with van der Waals surface area (Å²) >= 11 is 0. The van der Waals surface area contributed by atoms with Crippen molar-refractivity contribution in [2.45, 2.75) is 25.8 Å². The van der Waals surface area contributed by atoms with Gasteiger partial charge in [0, 0.05) is 11.6 Å². The molecule has 0 aliphatic heterocycles. The molecule has 1 aliphatic rings. The van der Waals surface area contributed by atoms with Gasteiger partial charge in [-0.15, -0.1) is 10.2 Å². The van der Waals surface area contributed by atoms with Crippen molar-refractivity contribution in [2.24, 2.45) is 5.92 Å². The average molecular weight is 357 g/mol. The van der Waals surface area contributed by atoms with E-state index < -0.39 is 0 Å². The van der Waals surface area contributed by atoms with Gasteiger partial charge in [0.2, 0.25) is 5.89 Å². The van der Waals surface area contributed by atoms with Gasteiger partial charge >= 0.3 is 0 Å². The van der Waals surface area contributed by atoms with E-state index in [1.54, 1.807) is 12.5 Å². The summed E-state index contributed by atoms with van der Waals surface area (Å²) in [6.07, 6.45) is 6.07. The van der Waals surface area contributed by atoms with Crippen molar-refractivity contribution in [1.82, 2.24) is 24.7 Å². The van der Waals surface area contributed by atoms with E-state index in [1.807, 2.05) is 48.5 Å². The van der Waals surface area contributed by atoms with Crippen LogP contribution in [0.25, 0.3) is 34.4 Å². The number of nitrogens with zero attached hydrogens (tertiary/aromatic N) is 5. The van der Waals surface area contributed by atoms with Crippen LogP contribution in [0.2, 0.25) is 0 Å². The Hall–Kier alpha value is -3.28. The minimum atomic E-state index is 0.381. The summed E-state index contributed by atoms with van der Waals surface area (Å²) in [5, 5.41) is 8.41. The molecule has 6 nitrogen and oxygen atoms in total. The Morgan fingerprint density at radius 2 is 1.85 bits per heavy atom. The normalized spacial score (nSPS) is 15.0. The van der Waals surface area contributed by atoms with Gasteiger partial charge in [0.05, 0.1) is 6.20 Å². The first-order valence-electron chi connectivity index (χ1n) is 9.18. The molecule has 0 spiro atoms. The third kappa shape index (κ3) is 3.03. The topological polar surface area (TPSA) is 69.6 Å². The van der Waals surface area contributed by atoms with E-state index in [2.05, 4.69) is 26.7 Å². The zero-order valence-electron chi connectivity index (χ0n) is 15.0. The predicted octanol–water partition coefficient (Wildman–Crippen LogP) is 4.63. The number of rotatable bonds is 5. The van der Waals surface area contributed by atoms with Crippen LogP contribution in [0.4, 0.5) is 0 Å². The molecule has 1 fully saturated rings. The molecule has 3 heterocycles. The molecule has 0 amide bonds. The Morgan fingerprint density at radius 1 is 1.04 bits per heavy atom. The first-order chi connectivity index (χ1) is 13.3. The zero-order valence-corrected chi connectivity index (χ0v) is 15.0. The summed E-state index contributed by atoms with van der Waals surface area (Å²) in [6.45, 7) is 2.22. The van der Waals surface area contributed by atoms with E-state index in [-0.39, 0.29) is 0 Å². The number of pyridine rings is 1. The summed E-state index contributed by atoms with van der Waals surface area (Å²) in [5.41, 5.74) is 2.45. The van der Waals surface area contributed by atoms with Gasteiger partial charge in [0.25, 0.3) is 0 Å². The van der Waals surface area contributed by atoms with Crippen molar-refractivity contribution in [1.29, 1.82) is 0 Å². The van der Waals surface area contributed by atoms with E-state index in [0.29, 0.717) is 23.5 Å². The Balaban J connectivity index is 1.49. The van der Waals surface area contributed by atoms with Crippen molar-refractivity contribution in [3.63, 3.8) is 0 Å². The summed E-state index contributed by atoms with van der Waals surface area (Å²) in [7, 11) is 0. The monoisotopic (exact) mass is 357 g/mol. The molecule has 3 aromatic heterocycles. The minimum absolute atomic E-state index is 0.381. The van der Waals surface area contributed by atoms with Crippen molar-refractivity contribution >= 4 is 0 Å². The second kappa shape index (κ2) is 6.46. The molecule has 1 aliphatic carbocycles. The van der Waals surface area contributed by atoms with Crippen molar-refractivity contribution < 1.29 is 4.42 Å². The molecule has 1 unspecified atom stereocenters. The highest BCUT2D eigenvalue weighted by molar-refractivity contribution is 5.61. The lowest BCUT2D eigenvalue weighted by molar-refractivity contribution is 0.488. The maximum Gasteiger partial charge on any atom is 0.245 e. The molecule has 1 aromatic carbocycles. The second-order valence-corrected chi connectivity index (χ2v) is 6.94. The highest BCUT2D eigenvalue weighted by atomic mass is 16.4. The third-order valence-corrected chi connectivity index (χ3v) is 5.08. The number of benzene rings is 1. The fraction of sp³-hybridized carbons (Fsp3) is 0.238. The SMILES string of the molecule is CC(C1CC1)n1cnnc1-c1cccc(-c2ncc(-c3ccccc3)o2)n1. The van der Waals surface area contributed by atoms with Crippen LogP contribution in [0.1, 0.15) is 25.8 Å². The molecule has 4 aromatic rings. The first kappa shape index (κ1) is 15.9. The summed E-state index contributed by atoms with van der Waals surface area (Å²) in [4.78, 5) is 9.14. The molecule has 1 saturated carbocycles. The van der Waals surface area contributed by atoms with Crippen molar-refractivity contribution in [2.75, 3.05) is 0 Å². The van der Waals surface area contributed by atoms with Crippen molar-refractivity contribution in [3.8, 4) is 34.4 Å². The number of oxazole rings is 1. The molecule has 0 bridgehead atoms. The van der Waals surface area contributed by atoms with Gasteiger partial charge in [0.15, 0.2) is 11.6 Å². The molecule has 0 saturated heterocycles. The van der Waals surface area contributed by atoms with Gasteiger partial charge in [-0.05, 0) is 37.8 Å². The summed E-state index contributed by atoms with van der Waals surface area (Å²) in [6, 6.07) is 16.1. The first-order valence-corrected chi connectivity index (χ1v) is 9.18. The summed E-state index contributed by atoms with van der Waals surface area (Å²) < 4.78 is 8.06. The predicted molar refractivity (Wildman–Crippen MR) is 102 cm³/mol. The van der Waals surface area contributed by atoms with Crippen molar-refractivity contribution in [3.05, 3.63) is 61.1 Å². The molecule has 134 valence electrons. The van der Waals surface area contributed by atoms with Gasteiger partial charge in [-0.3, -0.25) is 0 Å². The average Bonchev–Trinajstić information content (AvgIpc) is 3.25. The van der Waals surface area contributed by atoms with E-state index in [4.69, 9.17) is 9.40 Å². The maximum atomic E-state index is 5.94. The number of hydrogen-bond acceptors (Lipinski definition) is 5. The fourth-order valence-corrected chi connectivity index (χ4v) is 3.34. The highest BCUT2D eigenvalue weighted by Gasteiger charge is 2.30. The van der Waals surface area contributed by atoms with E-state index in [1.165, 1.54) is 12.8 Å². The molecular weight excluding hydrogens is 338 g/mol. The van der Waals surface area contributed by atoms with Crippen LogP contribution >= 0.6 is 0 Å². The minimum Gasteiger partial charge on any atom is -0.435 e. The van der Waals surface area contributed by atoms with Crippen LogP contribution in [-0.4, -0.2) is 24.7 Å².